The lowest BCUT2D eigenvalue weighted by Crippen LogP contribution is -2.12. The second-order valence-corrected chi connectivity index (χ2v) is 5.04. The fraction of sp³-hybridized carbons (Fsp3) is 0.333. The molecule has 20 heavy (non-hydrogen) atoms. The summed E-state index contributed by atoms with van der Waals surface area (Å²) in [5.74, 6) is 0.916. The first-order valence-electron chi connectivity index (χ1n) is 6.46. The Morgan fingerprint density at radius 2 is 1.85 bits per heavy atom. The minimum Gasteiger partial charge on any atom is -0.487 e. The van der Waals surface area contributed by atoms with Crippen molar-refractivity contribution in [1.29, 1.82) is 5.41 Å². The van der Waals surface area contributed by atoms with Crippen molar-refractivity contribution in [3.05, 3.63) is 46.3 Å². The topological polar surface area (TPSA) is 76.9 Å². The van der Waals surface area contributed by atoms with Crippen molar-refractivity contribution in [3.8, 4) is 5.75 Å². The summed E-state index contributed by atoms with van der Waals surface area (Å²) in [5, 5.41) is 11.8. The van der Waals surface area contributed by atoms with Crippen LogP contribution in [0.1, 0.15) is 28.1 Å². The second-order valence-electron chi connectivity index (χ2n) is 5.04. The zero-order chi connectivity index (χ0) is 14.9. The maximum absolute atomic E-state index is 7.49. The number of hydrogen-bond acceptors (Lipinski definition) is 3. The molecule has 0 saturated carbocycles. The summed E-state index contributed by atoms with van der Waals surface area (Å²) >= 11 is 0. The number of benzene rings is 1. The third-order valence-electron chi connectivity index (χ3n) is 3.23. The van der Waals surface area contributed by atoms with Crippen molar-refractivity contribution in [1.82, 2.24) is 9.78 Å². The van der Waals surface area contributed by atoms with Gasteiger partial charge in [-0.05, 0) is 50.1 Å². The lowest BCUT2D eigenvalue weighted by molar-refractivity contribution is 0.291. The van der Waals surface area contributed by atoms with E-state index in [1.807, 2.05) is 50.7 Å². The van der Waals surface area contributed by atoms with Crippen LogP contribution in [0.2, 0.25) is 0 Å². The Bertz CT molecular complexity index is 635. The van der Waals surface area contributed by atoms with Crippen molar-refractivity contribution in [3.63, 3.8) is 0 Å². The molecule has 0 amide bonds. The molecule has 0 fully saturated rings. The molecule has 2 rings (SSSR count). The smallest absolute Gasteiger partial charge is 0.130 e. The number of aryl methyl sites for hydroxylation is 4. The predicted octanol–water partition coefficient (Wildman–Crippen LogP) is 2.21. The SMILES string of the molecule is Cc1cc(COc2c(C)cc(C(=N)N)cc2C)n(C)n1. The average molecular weight is 272 g/mol. The number of amidine groups is 1. The predicted molar refractivity (Wildman–Crippen MR) is 79.2 cm³/mol. The van der Waals surface area contributed by atoms with E-state index in [9.17, 15) is 0 Å². The number of nitrogen functional groups attached to an aromatic ring is 1. The molecule has 1 aromatic carbocycles. The zero-order valence-electron chi connectivity index (χ0n) is 12.3. The fourth-order valence-electron chi connectivity index (χ4n) is 2.28. The van der Waals surface area contributed by atoms with Gasteiger partial charge in [0.2, 0.25) is 0 Å². The number of nitrogens with zero attached hydrogens (tertiary/aromatic N) is 2. The van der Waals surface area contributed by atoms with Crippen LogP contribution in [0.5, 0.6) is 5.75 Å². The Balaban J connectivity index is 2.22. The maximum Gasteiger partial charge on any atom is 0.130 e. The molecular formula is C15H20N4O. The van der Waals surface area contributed by atoms with Gasteiger partial charge in [0.25, 0.3) is 0 Å². The van der Waals surface area contributed by atoms with Crippen LogP contribution in [-0.2, 0) is 13.7 Å². The molecule has 0 unspecified atom stereocenters. The Morgan fingerprint density at radius 1 is 1.25 bits per heavy atom. The Morgan fingerprint density at radius 3 is 2.30 bits per heavy atom. The van der Waals surface area contributed by atoms with Gasteiger partial charge in [0.1, 0.15) is 18.2 Å². The first-order chi connectivity index (χ1) is 9.38. The Labute approximate surface area is 118 Å². The van der Waals surface area contributed by atoms with Gasteiger partial charge in [-0.1, -0.05) is 0 Å². The van der Waals surface area contributed by atoms with Gasteiger partial charge in [-0.15, -0.1) is 0 Å². The second kappa shape index (κ2) is 5.36. The molecule has 0 aliphatic rings. The van der Waals surface area contributed by atoms with Crippen molar-refractivity contribution >= 4 is 5.84 Å². The standard InChI is InChI=1S/C15H20N4O/c1-9-5-12(15(16)17)6-10(2)14(9)20-8-13-7-11(3)18-19(13)4/h5-7H,8H2,1-4H3,(H3,16,17). The molecule has 0 saturated heterocycles. The Hall–Kier alpha value is -2.30. The molecule has 1 aromatic heterocycles. The van der Waals surface area contributed by atoms with Gasteiger partial charge in [-0.2, -0.15) is 5.10 Å². The van der Waals surface area contributed by atoms with Gasteiger partial charge in [0.05, 0.1) is 11.4 Å². The number of rotatable bonds is 4. The quantitative estimate of drug-likeness (QED) is 0.661. The van der Waals surface area contributed by atoms with Gasteiger partial charge >= 0.3 is 0 Å². The number of aromatic nitrogens is 2. The van der Waals surface area contributed by atoms with E-state index in [1.54, 1.807) is 0 Å². The molecule has 3 N–H and O–H groups in total. The third kappa shape index (κ3) is 2.82. The van der Waals surface area contributed by atoms with Gasteiger partial charge in [0.15, 0.2) is 0 Å². The van der Waals surface area contributed by atoms with E-state index < -0.39 is 0 Å². The molecule has 5 nitrogen and oxygen atoms in total. The number of nitrogens with one attached hydrogen (secondary N) is 1. The van der Waals surface area contributed by atoms with Gasteiger partial charge in [0, 0.05) is 12.6 Å². The van der Waals surface area contributed by atoms with Crippen LogP contribution in [0.4, 0.5) is 0 Å². The maximum atomic E-state index is 7.49. The first-order valence-corrected chi connectivity index (χ1v) is 6.46. The molecule has 1 heterocycles. The highest BCUT2D eigenvalue weighted by Crippen LogP contribution is 2.25. The number of ether oxygens (including phenoxy) is 1. The van der Waals surface area contributed by atoms with E-state index >= 15 is 0 Å². The zero-order valence-corrected chi connectivity index (χ0v) is 12.3. The van der Waals surface area contributed by atoms with Gasteiger partial charge in [-0.3, -0.25) is 10.1 Å². The van der Waals surface area contributed by atoms with E-state index in [4.69, 9.17) is 15.9 Å². The summed E-state index contributed by atoms with van der Waals surface area (Å²) in [6.45, 7) is 6.35. The van der Waals surface area contributed by atoms with Crippen molar-refractivity contribution in [2.45, 2.75) is 27.4 Å². The normalized spacial score (nSPS) is 10.6. The van der Waals surface area contributed by atoms with E-state index in [-0.39, 0.29) is 5.84 Å². The van der Waals surface area contributed by atoms with Crippen molar-refractivity contribution < 1.29 is 4.74 Å². The highest BCUT2D eigenvalue weighted by Gasteiger charge is 2.10. The monoisotopic (exact) mass is 272 g/mol. The summed E-state index contributed by atoms with van der Waals surface area (Å²) in [6, 6.07) is 5.76. The highest BCUT2D eigenvalue weighted by molar-refractivity contribution is 5.95. The Kier molecular flexibility index (Phi) is 3.79. The van der Waals surface area contributed by atoms with E-state index in [1.165, 1.54) is 0 Å². The lowest BCUT2D eigenvalue weighted by atomic mass is 10.1. The minimum absolute atomic E-state index is 0.0741. The van der Waals surface area contributed by atoms with E-state index in [2.05, 4.69) is 5.10 Å². The largest absolute Gasteiger partial charge is 0.487 e. The lowest BCUT2D eigenvalue weighted by Gasteiger charge is -2.13. The fourth-order valence-corrected chi connectivity index (χ4v) is 2.28. The average Bonchev–Trinajstić information content (AvgIpc) is 2.66. The molecule has 0 spiro atoms. The van der Waals surface area contributed by atoms with Crippen LogP contribution in [0.25, 0.3) is 0 Å². The summed E-state index contributed by atoms with van der Waals surface area (Å²) in [6.07, 6.45) is 0. The molecule has 0 aliphatic heterocycles. The molecule has 0 bridgehead atoms. The number of nitrogens with two attached hydrogens (primary N) is 1. The molecule has 0 aliphatic carbocycles. The minimum atomic E-state index is 0.0741. The van der Waals surface area contributed by atoms with Crippen molar-refractivity contribution in [2.75, 3.05) is 0 Å². The van der Waals surface area contributed by atoms with Crippen LogP contribution >= 0.6 is 0 Å². The van der Waals surface area contributed by atoms with Gasteiger partial charge < -0.3 is 10.5 Å². The molecule has 106 valence electrons. The van der Waals surface area contributed by atoms with Crippen LogP contribution in [0.15, 0.2) is 18.2 Å². The third-order valence-corrected chi connectivity index (χ3v) is 3.23. The molecule has 0 atom stereocenters. The highest BCUT2D eigenvalue weighted by atomic mass is 16.5. The summed E-state index contributed by atoms with van der Waals surface area (Å²) in [5.41, 5.74) is 10.2. The van der Waals surface area contributed by atoms with Crippen LogP contribution in [0.3, 0.4) is 0 Å². The van der Waals surface area contributed by atoms with E-state index in [0.717, 1.165) is 33.8 Å². The molecule has 0 radical (unpaired) electrons. The first kappa shape index (κ1) is 14.1. The number of hydrogen-bond donors (Lipinski definition) is 2. The van der Waals surface area contributed by atoms with Gasteiger partial charge in [-0.25, -0.2) is 0 Å². The van der Waals surface area contributed by atoms with Crippen LogP contribution in [-0.4, -0.2) is 15.6 Å². The van der Waals surface area contributed by atoms with Crippen LogP contribution in [0, 0.1) is 26.2 Å². The molecular weight excluding hydrogens is 252 g/mol. The summed E-state index contributed by atoms with van der Waals surface area (Å²) in [4.78, 5) is 0. The summed E-state index contributed by atoms with van der Waals surface area (Å²) < 4.78 is 7.73. The molecule has 5 heteroatoms. The van der Waals surface area contributed by atoms with E-state index in [0.29, 0.717) is 6.61 Å². The van der Waals surface area contributed by atoms with Crippen LogP contribution < -0.4 is 10.5 Å². The molecule has 2 aromatic rings. The summed E-state index contributed by atoms with van der Waals surface area (Å²) in [7, 11) is 1.91. The van der Waals surface area contributed by atoms with Crippen molar-refractivity contribution in [2.24, 2.45) is 12.8 Å².